The molecule has 3 aliphatic rings. The van der Waals surface area contributed by atoms with Gasteiger partial charge in [-0.2, -0.15) is 0 Å². The molecule has 0 saturated heterocycles. The van der Waals surface area contributed by atoms with Crippen molar-refractivity contribution >= 4 is 34.3 Å². The Balaban J connectivity index is 1.53. The number of anilines is 1. The smallest absolute Gasteiger partial charge is 0.281 e. The third-order valence-corrected chi connectivity index (χ3v) is 10.9. The number of aryl methyl sites for hydroxylation is 1. The van der Waals surface area contributed by atoms with Crippen LogP contribution in [0.1, 0.15) is 74.0 Å². The average molecular weight is 600 g/mol. The van der Waals surface area contributed by atoms with Gasteiger partial charge in [0.2, 0.25) is 0 Å². The molecule has 7 atom stereocenters. The number of nitrogens with one attached hydrogen (secondary N) is 1. The predicted molar refractivity (Wildman–Crippen MR) is 165 cm³/mol. The van der Waals surface area contributed by atoms with E-state index in [1.165, 1.54) is 11.1 Å². The van der Waals surface area contributed by atoms with Crippen molar-refractivity contribution in [3.8, 4) is 5.75 Å². The van der Waals surface area contributed by atoms with Gasteiger partial charge in [0.05, 0.1) is 18.0 Å². The molecule has 7 nitrogen and oxygen atoms in total. The van der Waals surface area contributed by atoms with Gasteiger partial charge in [0, 0.05) is 31.1 Å². The first-order valence-electron chi connectivity index (χ1n) is 14.9. The maximum Gasteiger partial charge on any atom is 0.281 e. The zero-order chi connectivity index (χ0) is 29.1. The zero-order valence-electron chi connectivity index (χ0n) is 24.5. The summed E-state index contributed by atoms with van der Waals surface area (Å²) in [4.78, 5) is 20.4. The molecule has 222 valence electrons. The maximum absolute atomic E-state index is 13.2. The number of ether oxygens (including phenoxy) is 2. The second kappa shape index (κ2) is 13.3. The van der Waals surface area contributed by atoms with E-state index in [0.717, 1.165) is 43.7 Å². The lowest BCUT2D eigenvalue weighted by atomic mass is 9.70. The van der Waals surface area contributed by atoms with Crippen molar-refractivity contribution in [3.05, 3.63) is 64.3 Å². The number of carbonyl (C=O) groups excluding carboxylic acids is 1. The summed E-state index contributed by atoms with van der Waals surface area (Å²) in [6, 6.07) is 9.67. The number of hydrogen-bond donors (Lipinski definition) is 1. The molecule has 1 saturated carbocycles. The number of amides is 1. The Morgan fingerprint density at radius 2 is 2.02 bits per heavy atom. The fourth-order valence-electron chi connectivity index (χ4n) is 6.30. The topological polar surface area (TPSA) is 80.8 Å². The maximum atomic E-state index is 13.2. The Bertz CT molecular complexity index is 1300. The minimum atomic E-state index is -1.54. The van der Waals surface area contributed by atoms with E-state index in [1.54, 1.807) is 13.2 Å². The van der Waals surface area contributed by atoms with E-state index in [9.17, 15) is 9.00 Å². The second-order valence-corrected chi connectivity index (χ2v) is 13.8. The van der Waals surface area contributed by atoms with Crippen LogP contribution in [0.5, 0.6) is 5.75 Å². The van der Waals surface area contributed by atoms with Gasteiger partial charge < -0.3 is 14.4 Å². The number of allylic oxidation sites excluding steroid dienone is 1. The molecule has 1 fully saturated rings. The van der Waals surface area contributed by atoms with Gasteiger partial charge in [-0.15, -0.1) is 0 Å². The number of carbonyl (C=O) groups is 1. The van der Waals surface area contributed by atoms with Crippen LogP contribution in [0, 0.1) is 17.8 Å². The number of halogens is 1. The van der Waals surface area contributed by atoms with Crippen LogP contribution in [0.4, 0.5) is 5.82 Å². The Kier molecular flexibility index (Phi) is 9.72. The number of methoxy groups -OCH3 is 1. The number of rotatable bonds is 4. The number of hydrogen-bond acceptors (Lipinski definition) is 6. The van der Waals surface area contributed by atoms with Crippen molar-refractivity contribution in [1.29, 1.82) is 0 Å². The SMILES string of the molecule is CCCc1cc(Cl)ccc1C1COc2ccc3nc2N(C1)CC1CCC1C(OC)/C=C/CC(C)C(C)S(=O)NC3=O. The van der Waals surface area contributed by atoms with E-state index in [1.807, 2.05) is 19.1 Å². The molecular formula is C32H42ClN3O4S. The number of benzene rings is 1. The van der Waals surface area contributed by atoms with Gasteiger partial charge in [-0.1, -0.05) is 50.1 Å². The molecule has 0 radical (unpaired) electrons. The molecule has 41 heavy (non-hydrogen) atoms. The standard InChI is InChI=1S/C32H42ClN3O4S/c1-5-7-22-16-25(33)11-13-26(22)24-18-36-17-23-10-12-27(23)29(39-4)9-6-8-20(2)21(3)41(38)35-32(37)28-14-15-30(40-19-24)31(36)34-28/h6,9,11,13-16,20-21,23-24,27,29H,5,7-8,10,12,17-19H2,1-4H3,(H,35,37)/b9-6+. The fraction of sp³-hybridized carbons (Fsp3) is 0.562. The summed E-state index contributed by atoms with van der Waals surface area (Å²) in [6.07, 6.45) is 9.33. The Morgan fingerprint density at radius 1 is 1.20 bits per heavy atom. The number of nitrogens with zero attached hydrogens (tertiary/aromatic N) is 2. The van der Waals surface area contributed by atoms with Crippen molar-refractivity contribution in [2.24, 2.45) is 17.8 Å². The molecule has 1 aromatic heterocycles. The van der Waals surface area contributed by atoms with Gasteiger partial charge in [0.25, 0.3) is 5.91 Å². The highest BCUT2D eigenvalue weighted by Crippen LogP contribution is 2.42. The molecule has 1 aromatic carbocycles. The molecule has 7 unspecified atom stereocenters. The molecule has 9 heteroatoms. The second-order valence-electron chi connectivity index (χ2n) is 11.8. The lowest BCUT2D eigenvalue weighted by Gasteiger charge is -2.43. The van der Waals surface area contributed by atoms with Crippen LogP contribution in [-0.4, -0.2) is 53.3 Å². The monoisotopic (exact) mass is 599 g/mol. The summed E-state index contributed by atoms with van der Waals surface area (Å²) >= 11 is 6.39. The van der Waals surface area contributed by atoms with Crippen molar-refractivity contribution in [2.75, 3.05) is 31.7 Å². The third-order valence-electron chi connectivity index (χ3n) is 9.11. The van der Waals surface area contributed by atoms with Crippen molar-refractivity contribution < 1.29 is 18.5 Å². The predicted octanol–water partition coefficient (Wildman–Crippen LogP) is 6.09. The summed E-state index contributed by atoms with van der Waals surface area (Å²) in [5.41, 5.74) is 2.74. The Morgan fingerprint density at radius 3 is 2.76 bits per heavy atom. The van der Waals surface area contributed by atoms with Crippen LogP contribution in [-0.2, 0) is 22.1 Å². The zero-order valence-corrected chi connectivity index (χ0v) is 26.0. The van der Waals surface area contributed by atoms with Gasteiger partial charge in [-0.05, 0) is 85.8 Å². The molecule has 2 aromatic rings. The molecule has 1 N–H and O–H groups in total. The van der Waals surface area contributed by atoms with Crippen molar-refractivity contribution in [3.63, 3.8) is 0 Å². The summed E-state index contributed by atoms with van der Waals surface area (Å²) in [5.74, 6) is 1.96. The Hall–Kier alpha value is -2.42. The summed E-state index contributed by atoms with van der Waals surface area (Å²) in [7, 11) is 0.243. The van der Waals surface area contributed by atoms with E-state index in [2.05, 4.69) is 47.8 Å². The molecule has 3 heterocycles. The van der Waals surface area contributed by atoms with Gasteiger partial charge in [0.1, 0.15) is 16.7 Å². The molecule has 0 spiro atoms. The first kappa shape index (κ1) is 30.1. The summed E-state index contributed by atoms with van der Waals surface area (Å²) in [6.45, 7) is 8.16. The van der Waals surface area contributed by atoms with Crippen LogP contribution in [0.2, 0.25) is 5.02 Å². The number of pyridine rings is 1. The third kappa shape index (κ3) is 6.65. The first-order valence-corrected chi connectivity index (χ1v) is 16.5. The van der Waals surface area contributed by atoms with Gasteiger partial charge in [0.15, 0.2) is 11.6 Å². The molecule has 5 rings (SSSR count). The number of aromatic nitrogens is 1. The molecular weight excluding hydrogens is 558 g/mol. The fourth-order valence-corrected chi connectivity index (χ4v) is 7.51. The molecule has 1 aliphatic carbocycles. The minimum Gasteiger partial charge on any atom is -0.489 e. The van der Waals surface area contributed by atoms with E-state index in [4.69, 9.17) is 26.1 Å². The first-order chi connectivity index (χ1) is 19.8. The average Bonchev–Trinajstić information content (AvgIpc) is 3.13. The van der Waals surface area contributed by atoms with Crippen LogP contribution >= 0.6 is 11.6 Å². The van der Waals surface area contributed by atoms with E-state index >= 15 is 0 Å². The highest BCUT2D eigenvalue weighted by Gasteiger charge is 2.39. The highest BCUT2D eigenvalue weighted by molar-refractivity contribution is 7.84. The van der Waals surface area contributed by atoms with E-state index < -0.39 is 16.9 Å². The molecule has 1 amide bonds. The van der Waals surface area contributed by atoms with Gasteiger partial charge >= 0.3 is 0 Å². The van der Waals surface area contributed by atoms with E-state index in [-0.39, 0.29) is 28.9 Å². The normalized spacial score (nSPS) is 31.2. The highest BCUT2D eigenvalue weighted by atomic mass is 35.5. The van der Waals surface area contributed by atoms with Crippen LogP contribution in [0.3, 0.4) is 0 Å². The van der Waals surface area contributed by atoms with Crippen molar-refractivity contribution in [1.82, 2.24) is 9.71 Å². The van der Waals surface area contributed by atoms with Crippen LogP contribution < -0.4 is 14.4 Å². The van der Waals surface area contributed by atoms with Crippen molar-refractivity contribution in [2.45, 2.75) is 70.1 Å². The minimum absolute atomic E-state index is 0.0274. The molecule has 2 bridgehead atoms. The van der Waals surface area contributed by atoms with Gasteiger partial charge in [-0.3, -0.25) is 9.52 Å². The molecule has 2 aliphatic heterocycles. The van der Waals surface area contributed by atoms with Gasteiger partial charge in [-0.25, -0.2) is 9.19 Å². The lowest BCUT2D eigenvalue weighted by Crippen LogP contribution is -2.44. The quantitative estimate of drug-likeness (QED) is 0.429. The lowest BCUT2D eigenvalue weighted by molar-refractivity contribution is 0.0134. The summed E-state index contributed by atoms with van der Waals surface area (Å²) < 4.78 is 28.1. The number of fused-ring (bicyclic) bond motifs is 2. The Labute approximate surface area is 251 Å². The van der Waals surface area contributed by atoms with Crippen LogP contribution in [0.15, 0.2) is 42.5 Å². The van der Waals surface area contributed by atoms with E-state index in [0.29, 0.717) is 36.6 Å². The van der Waals surface area contributed by atoms with Crippen LogP contribution in [0.25, 0.3) is 0 Å². The largest absolute Gasteiger partial charge is 0.489 e. The summed E-state index contributed by atoms with van der Waals surface area (Å²) in [5, 5.41) is 0.529.